The Morgan fingerprint density at radius 2 is 1.93 bits per heavy atom. The van der Waals surface area contributed by atoms with Crippen molar-refractivity contribution < 1.29 is 0 Å². The van der Waals surface area contributed by atoms with E-state index in [9.17, 15) is 0 Å². The first kappa shape index (κ1) is 11.6. The lowest BCUT2D eigenvalue weighted by Gasteiger charge is -2.32. The van der Waals surface area contributed by atoms with Gasteiger partial charge in [0.25, 0.3) is 0 Å². The van der Waals surface area contributed by atoms with Crippen molar-refractivity contribution in [3.63, 3.8) is 0 Å². The minimum absolute atomic E-state index is 0. The van der Waals surface area contributed by atoms with Crippen molar-refractivity contribution in [2.75, 3.05) is 6.54 Å². The van der Waals surface area contributed by atoms with Crippen LogP contribution in [0.25, 0.3) is 0 Å². The molecule has 0 aromatic heterocycles. The van der Waals surface area contributed by atoms with Crippen LogP contribution in [0, 0.1) is 0 Å². The smallest absolute Gasteiger partial charge is 0.191 e. The number of rotatable bonds is 1. The molecule has 3 nitrogen and oxygen atoms in total. The monoisotopic (exact) mass is 217 g/mol. The summed E-state index contributed by atoms with van der Waals surface area (Å²) in [5.41, 5.74) is 5.88. The van der Waals surface area contributed by atoms with E-state index in [1.165, 1.54) is 32.1 Å². The number of hydrogen-bond acceptors (Lipinski definition) is 3. The van der Waals surface area contributed by atoms with Gasteiger partial charge in [-0.2, -0.15) is 0 Å². The molecule has 2 N–H and O–H groups in total. The molecule has 0 saturated heterocycles. The van der Waals surface area contributed by atoms with Gasteiger partial charge < -0.3 is 10.6 Å². The van der Waals surface area contributed by atoms with E-state index >= 15 is 0 Å². The van der Waals surface area contributed by atoms with Crippen molar-refractivity contribution in [1.29, 1.82) is 0 Å². The van der Waals surface area contributed by atoms with Gasteiger partial charge in [0.1, 0.15) is 0 Å². The first-order valence-corrected chi connectivity index (χ1v) is 5.37. The zero-order valence-electron chi connectivity index (χ0n) is 8.78. The van der Waals surface area contributed by atoms with Crippen LogP contribution in [-0.2, 0) is 0 Å². The normalized spacial score (nSPS) is 28.5. The van der Waals surface area contributed by atoms with Gasteiger partial charge in [0, 0.05) is 12.6 Å². The van der Waals surface area contributed by atoms with E-state index in [1.807, 2.05) is 0 Å². The number of guanidine groups is 1. The van der Waals surface area contributed by atoms with Gasteiger partial charge in [-0.05, 0) is 19.8 Å². The Bertz CT molecular complexity index is 211. The Labute approximate surface area is 92.2 Å². The Kier molecular flexibility index (Phi) is 4.05. The minimum atomic E-state index is 0. The summed E-state index contributed by atoms with van der Waals surface area (Å²) in [6, 6.07) is 1.09. The molecule has 1 aliphatic heterocycles. The molecular weight excluding hydrogens is 198 g/mol. The molecule has 0 aromatic rings. The van der Waals surface area contributed by atoms with Crippen LogP contribution in [0.2, 0.25) is 0 Å². The summed E-state index contributed by atoms with van der Waals surface area (Å²) in [5, 5.41) is 0. The fourth-order valence-electron chi connectivity index (χ4n) is 2.45. The van der Waals surface area contributed by atoms with Crippen molar-refractivity contribution in [2.45, 2.75) is 51.1 Å². The Morgan fingerprint density at radius 3 is 2.43 bits per heavy atom. The maximum atomic E-state index is 5.88. The molecule has 1 unspecified atom stereocenters. The summed E-state index contributed by atoms with van der Waals surface area (Å²) in [5.74, 6) is 0.777. The highest BCUT2D eigenvalue weighted by atomic mass is 35.5. The maximum absolute atomic E-state index is 5.88. The molecule has 0 aromatic carbocycles. The van der Waals surface area contributed by atoms with Gasteiger partial charge in [0.2, 0.25) is 0 Å². The van der Waals surface area contributed by atoms with Crippen LogP contribution in [0.5, 0.6) is 0 Å². The molecule has 4 heteroatoms. The molecule has 1 aliphatic carbocycles. The zero-order valence-corrected chi connectivity index (χ0v) is 9.59. The third-order valence-corrected chi connectivity index (χ3v) is 3.12. The summed E-state index contributed by atoms with van der Waals surface area (Å²) in [4.78, 5) is 6.68. The third-order valence-electron chi connectivity index (χ3n) is 3.12. The number of hydrogen-bond donors (Lipinski definition) is 1. The predicted molar refractivity (Wildman–Crippen MR) is 61.9 cm³/mol. The average molecular weight is 218 g/mol. The second-order valence-corrected chi connectivity index (χ2v) is 4.28. The van der Waals surface area contributed by atoms with Gasteiger partial charge >= 0.3 is 0 Å². The second-order valence-electron chi connectivity index (χ2n) is 4.28. The van der Waals surface area contributed by atoms with Gasteiger partial charge in [0.05, 0.1) is 6.04 Å². The molecule has 2 rings (SSSR count). The lowest BCUT2D eigenvalue weighted by atomic mass is 9.94. The van der Waals surface area contributed by atoms with Crippen molar-refractivity contribution in [3.8, 4) is 0 Å². The lowest BCUT2D eigenvalue weighted by molar-refractivity contribution is 0.250. The molecule has 0 amide bonds. The lowest BCUT2D eigenvalue weighted by Crippen LogP contribution is -2.43. The van der Waals surface area contributed by atoms with E-state index in [-0.39, 0.29) is 12.4 Å². The van der Waals surface area contributed by atoms with Crippen molar-refractivity contribution in [2.24, 2.45) is 10.7 Å². The highest BCUT2D eigenvalue weighted by Gasteiger charge is 2.27. The van der Waals surface area contributed by atoms with Gasteiger partial charge in [0.15, 0.2) is 5.96 Å². The molecule has 0 bridgehead atoms. The highest BCUT2D eigenvalue weighted by molar-refractivity contribution is 5.85. The molecule has 1 saturated carbocycles. The summed E-state index contributed by atoms with van der Waals surface area (Å²) in [6.07, 6.45) is 6.74. The minimum Gasteiger partial charge on any atom is -0.370 e. The van der Waals surface area contributed by atoms with E-state index in [1.54, 1.807) is 0 Å². The largest absolute Gasteiger partial charge is 0.370 e. The molecule has 2 aliphatic rings. The first-order valence-electron chi connectivity index (χ1n) is 5.37. The SMILES string of the molecule is CC1CN(C2CCCCC2)C(N)=N1.Cl. The van der Waals surface area contributed by atoms with Crippen LogP contribution in [0.15, 0.2) is 4.99 Å². The predicted octanol–water partition coefficient (Wildman–Crippen LogP) is 1.76. The highest BCUT2D eigenvalue weighted by Crippen LogP contribution is 2.24. The van der Waals surface area contributed by atoms with Crippen LogP contribution >= 0.6 is 12.4 Å². The van der Waals surface area contributed by atoms with Crippen LogP contribution in [0.1, 0.15) is 39.0 Å². The maximum Gasteiger partial charge on any atom is 0.191 e. The quantitative estimate of drug-likeness (QED) is 0.728. The van der Waals surface area contributed by atoms with Gasteiger partial charge in [-0.1, -0.05) is 19.3 Å². The molecular formula is C10H20ClN3. The third kappa shape index (κ3) is 2.32. The fourth-order valence-corrected chi connectivity index (χ4v) is 2.45. The standard InChI is InChI=1S/C10H19N3.ClH/c1-8-7-13(10(11)12-8)9-5-3-2-4-6-9;/h8-9H,2-7H2,1H3,(H2,11,12);1H. The molecule has 1 fully saturated rings. The molecule has 82 valence electrons. The Morgan fingerprint density at radius 1 is 1.29 bits per heavy atom. The summed E-state index contributed by atoms with van der Waals surface area (Å²) in [6.45, 7) is 3.17. The van der Waals surface area contributed by atoms with Gasteiger partial charge in [-0.25, -0.2) is 4.99 Å². The zero-order chi connectivity index (χ0) is 9.26. The molecule has 0 radical (unpaired) electrons. The molecule has 1 atom stereocenters. The van der Waals surface area contributed by atoms with Crippen LogP contribution < -0.4 is 5.73 Å². The van der Waals surface area contributed by atoms with Gasteiger partial charge in [-0.3, -0.25) is 0 Å². The number of nitrogens with zero attached hydrogens (tertiary/aromatic N) is 2. The van der Waals surface area contributed by atoms with E-state index in [2.05, 4.69) is 16.8 Å². The molecule has 1 heterocycles. The van der Waals surface area contributed by atoms with E-state index in [0.717, 1.165) is 12.5 Å². The van der Waals surface area contributed by atoms with E-state index < -0.39 is 0 Å². The van der Waals surface area contributed by atoms with Crippen molar-refractivity contribution in [1.82, 2.24) is 4.90 Å². The van der Waals surface area contributed by atoms with E-state index in [0.29, 0.717) is 12.1 Å². The van der Waals surface area contributed by atoms with Crippen LogP contribution in [0.3, 0.4) is 0 Å². The number of nitrogens with two attached hydrogens (primary N) is 1. The van der Waals surface area contributed by atoms with Gasteiger partial charge in [-0.15, -0.1) is 12.4 Å². The number of aliphatic imine (C=N–C) groups is 1. The van der Waals surface area contributed by atoms with E-state index in [4.69, 9.17) is 5.73 Å². The first-order chi connectivity index (χ1) is 6.27. The van der Waals surface area contributed by atoms with Crippen LogP contribution in [-0.4, -0.2) is 29.5 Å². The Hall–Kier alpha value is -0.440. The summed E-state index contributed by atoms with van der Waals surface area (Å²) < 4.78 is 0. The van der Waals surface area contributed by atoms with Crippen molar-refractivity contribution in [3.05, 3.63) is 0 Å². The Balaban J connectivity index is 0.000000980. The summed E-state index contributed by atoms with van der Waals surface area (Å²) >= 11 is 0. The molecule has 0 spiro atoms. The fraction of sp³-hybridized carbons (Fsp3) is 0.900. The number of halogens is 1. The summed E-state index contributed by atoms with van der Waals surface area (Å²) in [7, 11) is 0. The van der Waals surface area contributed by atoms with Crippen molar-refractivity contribution >= 4 is 18.4 Å². The second kappa shape index (κ2) is 4.87. The average Bonchev–Trinajstić information content (AvgIpc) is 2.47. The van der Waals surface area contributed by atoms with Crippen LogP contribution in [0.4, 0.5) is 0 Å². The topological polar surface area (TPSA) is 41.6 Å². The molecule has 14 heavy (non-hydrogen) atoms.